The molecule has 0 bridgehead atoms. The summed E-state index contributed by atoms with van der Waals surface area (Å²) in [4.78, 5) is 14.1. The number of carbonyl (C=O) groups is 1. The number of benzene rings is 1. The third-order valence-electron chi connectivity index (χ3n) is 4.05. The van der Waals surface area contributed by atoms with Crippen molar-refractivity contribution >= 4 is 5.91 Å². The van der Waals surface area contributed by atoms with Crippen LogP contribution in [-0.4, -0.2) is 30.4 Å². The summed E-state index contributed by atoms with van der Waals surface area (Å²) in [7, 11) is 1.85. The molecular formula is C15H22N2O. The van der Waals surface area contributed by atoms with Gasteiger partial charge >= 0.3 is 0 Å². The van der Waals surface area contributed by atoms with Gasteiger partial charge in [-0.2, -0.15) is 0 Å². The third kappa shape index (κ3) is 2.41. The number of amides is 1. The molecule has 1 aliphatic carbocycles. The average Bonchev–Trinajstić information content (AvgIpc) is 3.16. The molecule has 1 aromatic rings. The molecular weight excluding hydrogens is 224 g/mol. The van der Waals surface area contributed by atoms with E-state index in [2.05, 4.69) is 25.1 Å². The van der Waals surface area contributed by atoms with Crippen molar-refractivity contribution in [3.63, 3.8) is 0 Å². The Morgan fingerprint density at radius 3 is 2.78 bits per heavy atom. The van der Waals surface area contributed by atoms with Crippen LogP contribution in [0, 0.1) is 12.8 Å². The standard InChI is InChI=1S/C15H22N2O/c1-10-6-4-5-7-12(10)13-8-14(13)15(18)17(3)11(2)9-16/h4-7,11,13-14H,8-9,16H2,1-3H3. The van der Waals surface area contributed by atoms with Gasteiger partial charge in [-0.1, -0.05) is 24.3 Å². The Hall–Kier alpha value is -1.35. The van der Waals surface area contributed by atoms with E-state index in [1.807, 2.05) is 20.0 Å². The Morgan fingerprint density at radius 2 is 2.17 bits per heavy atom. The fourth-order valence-corrected chi connectivity index (χ4v) is 2.45. The lowest BCUT2D eigenvalue weighted by molar-refractivity contribution is -0.133. The van der Waals surface area contributed by atoms with Crippen LogP contribution in [0.5, 0.6) is 0 Å². The second kappa shape index (κ2) is 5.11. The molecule has 3 unspecified atom stereocenters. The van der Waals surface area contributed by atoms with Crippen LogP contribution in [0.15, 0.2) is 24.3 Å². The van der Waals surface area contributed by atoms with Gasteiger partial charge in [0.15, 0.2) is 0 Å². The van der Waals surface area contributed by atoms with Crippen molar-refractivity contribution < 1.29 is 4.79 Å². The average molecular weight is 246 g/mol. The molecule has 1 saturated carbocycles. The summed E-state index contributed by atoms with van der Waals surface area (Å²) in [5, 5.41) is 0. The van der Waals surface area contributed by atoms with Gasteiger partial charge in [0.2, 0.25) is 5.91 Å². The molecule has 0 saturated heterocycles. The van der Waals surface area contributed by atoms with Crippen LogP contribution in [0.1, 0.15) is 30.4 Å². The number of likely N-dealkylation sites (N-methyl/N-ethyl adjacent to an activating group) is 1. The van der Waals surface area contributed by atoms with Gasteiger partial charge in [0, 0.05) is 25.6 Å². The molecule has 0 aromatic heterocycles. The van der Waals surface area contributed by atoms with E-state index in [-0.39, 0.29) is 17.9 Å². The van der Waals surface area contributed by atoms with Gasteiger partial charge in [-0.3, -0.25) is 4.79 Å². The molecule has 1 fully saturated rings. The summed E-state index contributed by atoms with van der Waals surface area (Å²) in [6.07, 6.45) is 0.977. The highest BCUT2D eigenvalue weighted by Crippen LogP contribution is 2.49. The molecule has 2 rings (SSSR count). The monoisotopic (exact) mass is 246 g/mol. The van der Waals surface area contributed by atoms with E-state index in [1.54, 1.807) is 4.90 Å². The van der Waals surface area contributed by atoms with Crippen molar-refractivity contribution in [2.75, 3.05) is 13.6 Å². The SMILES string of the molecule is Cc1ccccc1C1CC1C(=O)N(C)C(C)CN. The summed E-state index contributed by atoms with van der Waals surface area (Å²) < 4.78 is 0. The van der Waals surface area contributed by atoms with Crippen LogP contribution in [0.2, 0.25) is 0 Å². The molecule has 98 valence electrons. The Kier molecular flexibility index (Phi) is 3.71. The van der Waals surface area contributed by atoms with Crippen LogP contribution in [0.3, 0.4) is 0 Å². The molecule has 18 heavy (non-hydrogen) atoms. The molecule has 3 atom stereocenters. The minimum absolute atomic E-state index is 0.121. The lowest BCUT2D eigenvalue weighted by Crippen LogP contribution is -2.40. The highest BCUT2D eigenvalue weighted by atomic mass is 16.2. The maximum atomic E-state index is 12.3. The fraction of sp³-hybridized carbons (Fsp3) is 0.533. The van der Waals surface area contributed by atoms with Gasteiger partial charge in [0.1, 0.15) is 0 Å². The predicted molar refractivity (Wildman–Crippen MR) is 73.3 cm³/mol. The molecule has 0 spiro atoms. The topological polar surface area (TPSA) is 46.3 Å². The quantitative estimate of drug-likeness (QED) is 0.882. The van der Waals surface area contributed by atoms with Crippen molar-refractivity contribution in [1.82, 2.24) is 4.90 Å². The van der Waals surface area contributed by atoms with Gasteiger partial charge in [0.05, 0.1) is 0 Å². The van der Waals surface area contributed by atoms with E-state index < -0.39 is 0 Å². The number of nitrogens with two attached hydrogens (primary N) is 1. The number of carbonyl (C=O) groups excluding carboxylic acids is 1. The minimum atomic E-state index is 0.121. The first-order chi connectivity index (χ1) is 8.56. The number of rotatable bonds is 4. The summed E-state index contributed by atoms with van der Waals surface area (Å²) in [5.74, 6) is 0.803. The summed E-state index contributed by atoms with van der Waals surface area (Å²) >= 11 is 0. The van der Waals surface area contributed by atoms with Crippen molar-refractivity contribution in [1.29, 1.82) is 0 Å². The number of hydrogen-bond acceptors (Lipinski definition) is 2. The largest absolute Gasteiger partial charge is 0.342 e. The normalized spacial score (nSPS) is 23.6. The maximum absolute atomic E-state index is 12.3. The van der Waals surface area contributed by atoms with Crippen LogP contribution in [0.25, 0.3) is 0 Å². The van der Waals surface area contributed by atoms with Crippen LogP contribution >= 0.6 is 0 Å². The van der Waals surface area contributed by atoms with E-state index in [4.69, 9.17) is 5.73 Å². The number of aryl methyl sites for hydroxylation is 1. The second-order valence-corrected chi connectivity index (χ2v) is 5.34. The Labute approximate surface area is 109 Å². The van der Waals surface area contributed by atoms with Gasteiger partial charge in [-0.25, -0.2) is 0 Å². The van der Waals surface area contributed by atoms with Crippen molar-refractivity contribution in [3.05, 3.63) is 35.4 Å². The van der Waals surface area contributed by atoms with Crippen LogP contribution in [-0.2, 0) is 4.79 Å². The fourth-order valence-electron chi connectivity index (χ4n) is 2.45. The summed E-state index contributed by atoms with van der Waals surface area (Å²) in [6.45, 7) is 4.62. The van der Waals surface area contributed by atoms with Crippen molar-refractivity contribution in [3.8, 4) is 0 Å². The van der Waals surface area contributed by atoms with E-state index in [9.17, 15) is 4.79 Å². The molecule has 0 radical (unpaired) electrons. The number of hydrogen-bond donors (Lipinski definition) is 1. The molecule has 3 heteroatoms. The first-order valence-electron chi connectivity index (χ1n) is 6.58. The molecule has 3 nitrogen and oxygen atoms in total. The lowest BCUT2D eigenvalue weighted by Gasteiger charge is -2.23. The highest BCUT2D eigenvalue weighted by molar-refractivity contribution is 5.83. The lowest BCUT2D eigenvalue weighted by atomic mass is 10.0. The summed E-state index contributed by atoms with van der Waals surface area (Å²) in [5.41, 5.74) is 8.22. The Balaban J connectivity index is 2.03. The van der Waals surface area contributed by atoms with E-state index in [1.165, 1.54) is 11.1 Å². The Bertz CT molecular complexity index is 444. The molecule has 1 aromatic carbocycles. The molecule has 1 aliphatic rings. The van der Waals surface area contributed by atoms with Gasteiger partial charge in [0.25, 0.3) is 0 Å². The van der Waals surface area contributed by atoms with Crippen molar-refractivity contribution in [2.45, 2.75) is 32.2 Å². The third-order valence-corrected chi connectivity index (χ3v) is 4.05. The Morgan fingerprint density at radius 1 is 1.50 bits per heavy atom. The zero-order chi connectivity index (χ0) is 13.3. The predicted octanol–water partition coefficient (Wildman–Crippen LogP) is 1.90. The molecule has 0 heterocycles. The highest BCUT2D eigenvalue weighted by Gasteiger charge is 2.46. The summed E-state index contributed by atoms with van der Waals surface area (Å²) in [6, 6.07) is 8.46. The second-order valence-electron chi connectivity index (χ2n) is 5.34. The van der Waals surface area contributed by atoms with Gasteiger partial charge < -0.3 is 10.6 Å². The molecule has 1 amide bonds. The van der Waals surface area contributed by atoms with Gasteiger partial charge in [-0.15, -0.1) is 0 Å². The first-order valence-corrected chi connectivity index (χ1v) is 6.58. The van der Waals surface area contributed by atoms with Crippen LogP contribution < -0.4 is 5.73 Å². The zero-order valence-electron chi connectivity index (χ0n) is 11.4. The van der Waals surface area contributed by atoms with Crippen LogP contribution in [0.4, 0.5) is 0 Å². The maximum Gasteiger partial charge on any atom is 0.226 e. The molecule has 0 aliphatic heterocycles. The van der Waals surface area contributed by atoms with E-state index in [0.717, 1.165) is 6.42 Å². The zero-order valence-corrected chi connectivity index (χ0v) is 11.4. The van der Waals surface area contributed by atoms with E-state index in [0.29, 0.717) is 12.5 Å². The van der Waals surface area contributed by atoms with Crippen molar-refractivity contribution in [2.24, 2.45) is 11.7 Å². The van der Waals surface area contributed by atoms with E-state index >= 15 is 0 Å². The first kappa shape index (κ1) is 13.1. The smallest absolute Gasteiger partial charge is 0.226 e. The number of nitrogens with zero attached hydrogens (tertiary/aromatic N) is 1. The van der Waals surface area contributed by atoms with Gasteiger partial charge in [-0.05, 0) is 37.3 Å². The molecule has 2 N–H and O–H groups in total. The minimum Gasteiger partial charge on any atom is -0.342 e.